The molecule has 0 unspecified atom stereocenters. The summed E-state index contributed by atoms with van der Waals surface area (Å²) in [5.41, 5.74) is 0. The van der Waals surface area contributed by atoms with E-state index in [2.05, 4.69) is 21.5 Å². The van der Waals surface area contributed by atoms with Gasteiger partial charge < -0.3 is 10.1 Å². The Hall–Kier alpha value is -0.680. The van der Waals surface area contributed by atoms with Gasteiger partial charge >= 0.3 is 0 Å². The van der Waals surface area contributed by atoms with Gasteiger partial charge in [-0.15, -0.1) is 0 Å². The third kappa shape index (κ3) is 2.35. The smallest absolute Gasteiger partial charge is 0.198 e. The van der Waals surface area contributed by atoms with Crippen LogP contribution in [0.2, 0.25) is 5.15 Å². The van der Waals surface area contributed by atoms with Crippen LogP contribution in [0.1, 0.15) is 12.8 Å². The first-order valence-corrected chi connectivity index (χ1v) is 6.64. The standard InChI is InChI=1S/C10H14ClN3OS/c1-15-7-8(11)13-6-14-9(7)12-5-10(16-2)3-4-10/h6H,3-5H2,1-2H3,(H,12,13,14). The largest absolute Gasteiger partial charge is 0.490 e. The molecular formula is C10H14ClN3OS. The van der Waals surface area contributed by atoms with Crippen molar-refractivity contribution in [2.75, 3.05) is 25.2 Å². The average molecular weight is 260 g/mol. The van der Waals surface area contributed by atoms with Crippen LogP contribution in [0, 0.1) is 0 Å². The highest BCUT2D eigenvalue weighted by Gasteiger charge is 2.41. The lowest BCUT2D eigenvalue weighted by Crippen LogP contribution is -2.18. The minimum atomic E-state index is 0.342. The van der Waals surface area contributed by atoms with Crippen molar-refractivity contribution in [2.45, 2.75) is 17.6 Å². The summed E-state index contributed by atoms with van der Waals surface area (Å²) in [6.45, 7) is 0.887. The highest BCUT2D eigenvalue weighted by molar-refractivity contribution is 8.00. The minimum absolute atomic E-state index is 0.342. The highest BCUT2D eigenvalue weighted by atomic mass is 35.5. The number of halogens is 1. The summed E-state index contributed by atoms with van der Waals surface area (Å²) in [6.07, 6.45) is 6.08. The summed E-state index contributed by atoms with van der Waals surface area (Å²) in [5.74, 6) is 1.18. The number of hydrogen-bond donors (Lipinski definition) is 1. The molecular weight excluding hydrogens is 246 g/mol. The summed E-state index contributed by atoms with van der Waals surface area (Å²) in [5, 5.41) is 3.62. The zero-order valence-corrected chi connectivity index (χ0v) is 10.9. The minimum Gasteiger partial charge on any atom is -0.490 e. The first-order chi connectivity index (χ1) is 7.71. The fourth-order valence-corrected chi connectivity index (χ4v) is 2.43. The molecule has 0 aromatic carbocycles. The number of thioether (sulfide) groups is 1. The molecule has 1 N–H and O–H groups in total. The quantitative estimate of drug-likeness (QED) is 0.823. The second-order valence-corrected chi connectivity index (χ2v) is 5.42. The molecule has 1 saturated carbocycles. The van der Waals surface area contributed by atoms with Gasteiger partial charge in [0.2, 0.25) is 0 Å². The van der Waals surface area contributed by atoms with E-state index in [-0.39, 0.29) is 0 Å². The normalized spacial score (nSPS) is 16.9. The van der Waals surface area contributed by atoms with E-state index in [0.29, 0.717) is 21.5 Å². The number of ether oxygens (including phenoxy) is 1. The van der Waals surface area contributed by atoms with E-state index in [4.69, 9.17) is 16.3 Å². The van der Waals surface area contributed by atoms with Gasteiger partial charge in [0.25, 0.3) is 0 Å². The number of anilines is 1. The van der Waals surface area contributed by atoms with Crippen LogP contribution < -0.4 is 10.1 Å². The molecule has 1 aromatic rings. The van der Waals surface area contributed by atoms with Crippen LogP contribution in [0.5, 0.6) is 5.75 Å². The van der Waals surface area contributed by atoms with Gasteiger partial charge in [0.05, 0.1) is 7.11 Å². The van der Waals surface area contributed by atoms with Crippen LogP contribution in [0.15, 0.2) is 6.33 Å². The topological polar surface area (TPSA) is 47.0 Å². The molecule has 2 rings (SSSR count). The molecule has 0 saturated heterocycles. The van der Waals surface area contributed by atoms with E-state index in [0.717, 1.165) is 6.54 Å². The maximum atomic E-state index is 5.91. The molecule has 88 valence electrons. The third-order valence-corrected chi connectivity index (χ3v) is 4.47. The van der Waals surface area contributed by atoms with E-state index >= 15 is 0 Å². The van der Waals surface area contributed by atoms with Crippen molar-refractivity contribution in [1.82, 2.24) is 9.97 Å². The Bertz CT molecular complexity index is 384. The molecule has 0 amide bonds. The molecule has 6 heteroatoms. The van der Waals surface area contributed by atoms with Crippen molar-refractivity contribution < 1.29 is 4.74 Å². The molecule has 0 spiro atoms. The third-order valence-electron chi connectivity index (χ3n) is 2.78. The van der Waals surface area contributed by atoms with E-state index in [1.807, 2.05) is 11.8 Å². The molecule has 4 nitrogen and oxygen atoms in total. The van der Waals surface area contributed by atoms with Gasteiger partial charge in [0, 0.05) is 11.3 Å². The summed E-state index contributed by atoms with van der Waals surface area (Å²) < 4.78 is 5.55. The molecule has 1 heterocycles. The van der Waals surface area contributed by atoms with E-state index in [1.165, 1.54) is 19.2 Å². The van der Waals surface area contributed by atoms with E-state index < -0.39 is 0 Å². The van der Waals surface area contributed by atoms with Gasteiger partial charge in [-0.1, -0.05) is 11.6 Å². The van der Waals surface area contributed by atoms with Crippen LogP contribution >= 0.6 is 23.4 Å². The SMILES string of the molecule is COc1c(Cl)ncnc1NCC1(SC)CC1. The van der Waals surface area contributed by atoms with Crippen molar-refractivity contribution in [3.05, 3.63) is 11.5 Å². The Morgan fingerprint density at radius 1 is 1.56 bits per heavy atom. The van der Waals surface area contributed by atoms with Gasteiger partial charge in [-0.25, -0.2) is 9.97 Å². The van der Waals surface area contributed by atoms with Crippen molar-refractivity contribution in [1.29, 1.82) is 0 Å². The summed E-state index contributed by atoms with van der Waals surface area (Å²) >= 11 is 7.80. The van der Waals surface area contributed by atoms with Crippen LogP contribution in [0.25, 0.3) is 0 Å². The summed E-state index contributed by atoms with van der Waals surface area (Å²) in [7, 11) is 1.57. The first kappa shape index (κ1) is 11.8. The lowest BCUT2D eigenvalue weighted by atomic mass is 10.4. The van der Waals surface area contributed by atoms with Gasteiger partial charge in [0.15, 0.2) is 16.7 Å². The zero-order chi connectivity index (χ0) is 11.6. The molecule has 1 aliphatic carbocycles. The predicted octanol–water partition coefficient (Wildman–Crippen LogP) is 2.45. The number of rotatable bonds is 5. The highest BCUT2D eigenvalue weighted by Crippen LogP contribution is 2.47. The Morgan fingerprint density at radius 2 is 2.31 bits per heavy atom. The van der Waals surface area contributed by atoms with Crippen molar-refractivity contribution in [2.24, 2.45) is 0 Å². The Balaban J connectivity index is 2.06. The average Bonchev–Trinajstić information content (AvgIpc) is 3.07. The molecule has 16 heavy (non-hydrogen) atoms. The van der Waals surface area contributed by atoms with Crippen LogP contribution in [0.3, 0.4) is 0 Å². The maximum Gasteiger partial charge on any atom is 0.198 e. The molecule has 1 fully saturated rings. The number of hydrogen-bond acceptors (Lipinski definition) is 5. The summed E-state index contributed by atoms with van der Waals surface area (Å²) in [4.78, 5) is 8.01. The lowest BCUT2D eigenvalue weighted by molar-refractivity contribution is 0.413. The van der Waals surface area contributed by atoms with Crippen LogP contribution in [-0.2, 0) is 0 Å². The molecule has 0 radical (unpaired) electrons. The van der Waals surface area contributed by atoms with Crippen molar-refractivity contribution >= 4 is 29.2 Å². The maximum absolute atomic E-state index is 5.91. The van der Waals surface area contributed by atoms with Gasteiger partial charge in [-0.3, -0.25) is 0 Å². The van der Waals surface area contributed by atoms with E-state index in [9.17, 15) is 0 Å². The van der Waals surface area contributed by atoms with E-state index in [1.54, 1.807) is 7.11 Å². The number of nitrogens with one attached hydrogen (secondary N) is 1. The summed E-state index contributed by atoms with van der Waals surface area (Å²) in [6, 6.07) is 0. The molecule has 0 aliphatic heterocycles. The Labute approximate surface area is 104 Å². The lowest BCUT2D eigenvalue weighted by Gasteiger charge is -2.15. The number of nitrogens with zero attached hydrogens (tertiary/aromatic N) is 2. The fourth-order valence-electron chi connectivity index (χ4n) is 1.50. The zero-order valence-electron chi connectivity index (χ0n) is 9.29. The Morgan fingerprint density at radius 3 is 2.88 bits per heavy atom. The Kier molecular flexibility index (Phi) is 3.44. The number of aromatic nitrogens is 2. The van der Waals surface area contributed by atoms with Crippen molar-refractivity contribution in [3.8, 4) is 5.75 Å². The first-order valence-electron chi connectivity index (χ1n) is 5.04. The second-order valence-electron chi connectivity index (χ2n) is 3.79. The van der Waals surface area contributed by atoms with Crippen molar-refractivity contribution in [3.63, 3.8) is 0 Å². The van der Waals surface area contributed by atoms with Gasteiger partial charge in [-0.05, 0) is 19.1 Å². The van der Waals surface area contributed by atoms with Crippen LogP contribution in [-0.4, -0.2) is 34.6 Å². The molecule has 0 atom stereocenters. The predicted molar refractivity (Wildman–Crippen MR) is 67.6 cm³/mol. The molecule has 0 bridgehead atoms. The van der Waals surface area contributed by atoms with Gasteiger partial charge in [-0.2, -0.15) is 11.8 Å². The fraction of sp³-hybridized carbons (Fsp3) is 0.600. The second kappa shape index (κ2) is 4.67. The molecule has 1 aromatic heterocycles. The van der Waals surface area contributed by atoms with Crippen LogP contribution in [0.4, 0.5) is 5.82 Å². The molecule has 1 aliphatic rings. The monoisotopic (exact) mass is 259 g/mol. The van der Waals surface area contributed by atoms with Gasteiger partial charge in [0.1, 0.15) is 6.33 Å². The number of methoxy groups -OCH3 is 1.